The summed E-state index contributed by atoms with van der Waals surface area (Å²) in [5, 5.41) is 24.7. The van der Waals surface area contributed by atoms with Gasteiger partial charge in [-0.3, -0.25) is 14.4 Å². The fourth-order valence-corrected chi connectivity index (χ4v) is 11.4. The first-order valence-electron chi connectivity index (χ1n) is 14.9. The Morgan fingerprint density at radius 1 is 0.935 bits per heavy atom. The molecule has 0 aromatic heterocycles. The lowest BCUT2D eigenvalue weighted by Gasteiger charge is -2.59. The van der Waals surface area contributed by atoms with Gasteiger partial charge in [-0.2, -0.15) is 0 Å². The van der Waals surface area contributed by atoms with Gasteiger partial charge in [0.05, 0.1) is 37.0 Å². The van der Waals surface area contributed by atoms with Crippen LogP contribution in [0, 0.1) is 5.92 Å². The molecule has 0 radical (unpaired) electrons. The first kappa shape index (κ1) is 29.2. The second-order valence-corrected chi connectivity index (χ2v) is 14.9. The number of hydrogen-bond donors (Lipinski definition) is 1. The van der Waals surface area contributed by atoms with Gasteiger partial charge in [0.2, 0.25) is 0 Å². The number of ether oxygens (including phenoxy) is 2. The minimum atomic E-state index is -2.55. The fraction of sp³-hybridized carbons (Fsp3) is 0.294. The highest BCUT2D eigenvalue weighted by Gasteiger charge is 2.78. The molecule has 10 nitrogen and oxygen atoms in total. The predicted octanol–water partition coefficient (Wildman–Crippen LogP) is 2.32. The van der Waals surface area contributed by atoms with Crippen molar-refractivity contribution in [2.75, 3.05) is 0 Å². The molecule has 2 spiro atoms. The Morgan fingerprint density at radius 3 is 2.24 bits per heavy atom. The average molecular weight is 656 g/mol. The minimum Gasteiger partial charge on any atom is -0.547 e. The second-order valence-electron chi connectivity index (χ2n) is 12.2. The van der Waals surface area contributed by atoms with E-state index in [2.05, 4.69) is 0 Å². The van der Waals surface area contributed by atoms with Crippen LogP contribution in [0.1, 0.15) is 24.0 Å². The zero-order valence-electron chi connectivity index (χ0n) is 24.2. The third-order valence-electron chi connectivity index (χ3n) is 9.72. The summed E-state index contributed by atoms with van der Waals surface area (Å²) in [5.74, 6) is -4.13. The van der Waals surface area contributed by atoms with Crippen molar-refractivity contribution in [2.24, 2.45) is 5.92 Å². The summed E-state index contributed by atoms with van der Waals surface area (Å²) >= 11 is 0. The topological polar surface area (TPSA) is 137 Å². The highest BCUT2D eigenvalue weighted by atomic mass is 33.1. The Bertz CT molecular complexity index is 1790. The van der Waals surface area contributed by atoms with Gasteiger partial charge in [0.1, 0.15) is 11.7 Å². The van der Waals surface area contributed by atoms with Crippen molar-refractivity contribution in [1.29, 1.82) is 0 Å². The smallest absolute Gasteiger partial charge is 0.310 e. The van der Waals surface area contributed by atoms with Crippen molar-refractivity contribution >= 4 is 45.3 Å². The van der Waals surface area contributed by atoms with E-state index in [1.807, 2.05) is 36.4 Å². The van der Waals surface area contributed by atoms with Gasteiger partial charge in [0.25, 0.3) is 11.8 Å². The molecule has 2 amide bonds. The van der Waals surface area contributed by atoms with Crippen LogP contribution in [0.2, 0.25) is 0 Å². The van der Waals surface area contributed by atoms with Crippen molar-refractivity contribution in [3.8, 4) is 0 Å². The highest BCUT2D eigenvalue weighted by molar-refractivity contribution is 8.78. The van der Waals surface area contributed by atoms with Crippen molar-refractivity contribution in [3.63, 3.8) is 0 Å². The van der Waals surface area contributed by atoms with E-state index in [0.717, 1.165) is 11.1 Å². The molecule has 9 rings (SSSR count). The maximum atomic E-state index is 14.9. The molecule has 234 valence electrons. The number of carboxylic acid groups (broad SMARTS) is 1. The van der Waals surface area contributed by atoms with Crippen molar-refractivity contribution in [2.45, 2.75) is 52.8 Å². The van der Waals surface area contributed by atoms with E-state index >= 15 is 0 Å². The maximum Gasteiger partial charge on any atom is 0.310 e. The van der Waals surface area contributed by atoms with Gasteiger partial charge < -0.3 is 34.3 Å². The fourth-order valence-electron chi connectivity index (χ4n) is 7.72. The zero-order chi connectivity index (χ0) is 31.8. The number of esters is 1. The Morgan fingerprint density at radius 2 is 1.57 bits per heavy atom. The maximum absolute atomic E-state index is 14.9. The molecule has 1 N–H and O–H groups in total. The molecule has 7 atom stereocenters. The van der Waals surface area contributed by atoms with Gasteiger partial charge in [-0.25, -0.2) is 0 Å². The van der Waals surface area contributed by atoms with E-state index < -0.39 is 51.4 Å². The quantitative estimate of drug-likeness (QED) is 0.365. The normalized spacial score (nSPS) is 33.1. The Kier molecular flexibility index (Phi) is 6.58. The summed E-state index contributed by atoms with van der Waals surface area (Å²) in [5.41, 5.74) is -0.377. The number of hydrogen-bond acceptors (Lipinski definition) is 10. The summed E-state index contributed by atoms with van der Waals surface area (Å²) in [4.78, 5) is 55.8. The van der Waals surface area contributed by atoms with Gasteiger partial charge in [0.15, 0.2) is 9.74 Å². The van der Waals surface area contributed by atoms with Gasteiger partial charge in [-0.1, -0.05) is 94.4 Å². The van der Waals surface area contributed by atoms with E-state index in [9.17, 15) is 29.4 Å². The largest absolute Gasteiger partial charge is 0.547 e. The Labute approximate surface area is 271 Å². The summed E-state index contributed by atoms with van der Waals surface area (Å²) in [6, 6.07) is 15.4. The van der Waals surface area contributed by atoms with E-state index in [1.54, 1.807) is 35.3 Å². The lowest BCUT2D eigenvalue weighted by Crippen LogP contribution is -2.77. The van der Waals surface area contributed by atoms with E-state index in [0.29, 0.717) is 5.57 Å². The molecule has 7 unspecified atom stereocenters. The molecular formula is C34H27N2O8S2-. The molecule has 2 aromatic rings. The molecule has 0 saturated carbocycles. The van der Waals surface area contributed by atoms with E-state index in [4.69, 9.17) is 9.47 Å². The van der Waals surface area contributed by atoms with Gasteiger partial charge in [-0.05, 0) is 34.4 Å². The summed E-state index contributed by atoms with van der Waals surface area (Å²) in [6.45, 7) is 0. The number of piperazine rings is 1. The first-order valence-corrected chi connectivity index (χ1v) is 17.0. The highest BCUT2D eigenvalue weighted by Crippen LogP contribution is 2.70. The zero-order valence-corrected chi connectivity index (χ0v) is 25.8. The van der Waals surface area contributed by atoms with Crippen LogP contribution in [-0.2, 0) is 40.7 Å². The molecule has 5 fully saturated rings. The predicted molar refractivity (Wildman–Crippen MR) is 166 cm³/mol. The third kappa shape index (κ3) is 3.90. The van der Waals surface area contributed by atoms with Gasteiger partial charge in [0, 0.05) is 18.8 Å². The van der Waals surface area contributed by atoms with Crippen LogP contribution in [0.5, 0.6) is 0 Å². The standard InChI is InChI=1S/C34H28N2O8S2/c37-26(16-20-8-3-1-4-9-20)44-25-13-7-10-21-17-32-29(38)35-27-22(18-33(35,46-45-32)30(39)36(32)28(21)25)19-43-15-14-24(27)34(42,31(40)41)23-11-5-2-6-12-23/h1-15,19,24-25,27-28,42H,16-18H2,(H,40,41)/p-1. The molecule has 6 aliphatic heterocycles. The van der Waals surface area contributed by atoms with Crippen LogP contribution < -0.4 is 5.11 Å². The summed E-state index contributed by atoms with van der Waals surface area (Å²) in [6.07, 6.45) is 9.05. The summed E-state index contributed by atoms with van der Waals surface area (Å²) < 4.78 is 11.6. The molecule has 7 aliphatic rings. The first-order chi connectivity index (χ1) is 22.2. The van der Waals surface area contributed by atoms with Crippen molar-refractivity contribution in [1.82, 2.24) is 9.80 Å². The number of rotatable bonds is 6. The molecule has 6 heterocycles. The number of carboxylic acids is 1. The number of carbonyl (C=O) groups is 4. The molecular weight excluding hydrogens is 629 g/mol. The molecule has 2 aromatic carbocycles. The van der Waals surface area contributed by atoms with Crippen LogP contribution in [0.15, 0.2) is 109 Å². The van der Waals surface area contributed by atoms with Crippen LogP contribution in [0.3, 0.4) is 0 Å². The molecule has 5 saturated heterocycles. The number of aliphatic hydroxyl groups is 1. The lowest BCUT2D eigenvalue weighted by molar-refractivity contribution is -0.330. The molecule has 2 bridgehead atoms. The van der Waals surface area contributed by atoms with Gasteiger partial charge in [-0.15, -0.1) is 0 Å². The number of allylic oxidation sites excluding steroid dienone is 2. The number of fused-ring (bicyclic) bond motifs is 3. The number of amides is 2. The summed E-state index contributed by atoms with van der Waals surface area (Å²) in [7, 11) is 2.58. The number of benzene rings is 2. The van der Waals surface area contributed by atoms with Crippen LogP contribution >= 0.6 is 21.6 Å². The number of carbonyl (C=O) groups excluding carboxylic acids is 4. The Hall–Kier alpha value is -4.26. The minimum absolute atomic E-state index is 0.0582. The number of aliphatic carboxylic acids is 1. The number of nitrogens with zero attached hydrogens (tertiary/aromatic N) is 2. The van der Waals surface area contributed by atoms with Crippen molar-refractivity contribution in [3.05, 3.63) is 120 Å². The Balaban J connectivity index is 1.17. The van der Waals surface area contributed by atoms with E-state index in [1.165, 1.54) is 57.2 Å². The van der Waals surface area contributed by atoms with E-state index in [-0.39, 0.29) is 36.6 Å². The molecule has 46 heavy (non-hydrogen) atoms. The van der Waals surface area contributed by atoms with Crippen LogP contribution in [0.25, 0.3) is 0 Å². The molecule has 1 aliphatic carbocycles. The average Bonchev–Trinajstić information content (AvgIpc) is 3.51. The third-order valence-corrected chi connectivity index (χ3v) is 13.3. The van der Waals surface area contributed by atoms with Crippen LogP contribution in [0.4, 0.5) is 0 Å². The second kappa shape index (κ2) is 10.4. The lowest BCUT2D eigenvalue weighted by atomic mass is 9.75. The van der Waals surface area contributed by atoms with Crippen molar-refractivity contribution < 1.29 is 38.9 Å². The van der Waals surface area contributed by atoms with Gasteiger partial charge >= 0.3 is 5.97 Å². The molecule has 12 heteroatoms. The monoisotopic (exact) mass is 655 g/mol. The van der Waals surface area contributed by atoms with Crippen LogP contribution in [-0.4, -0.2) is 66.6 Å². The SMILES string of the molecule is O=C(Cc1ccccc1)OC1C=CC=C2CC34SSC5(CC6=COC=CC(C(O)(C(=O)[O-])c7ccccc7)C6N5C3=O)C(=O)N4C21.